The fourth-order valence-electron chi connectivity index (χ4n) is 3.60. The highest BCUT2D eigenvalue weighted by Gasteiger charge is 2.19. The zero-order chi connectivity index (χ0) is 21.3. The van der Waals surface area contributed by atoms with Crippen LogP contribution in [0.25, 0.3) is 5.65 Å². The summed E-state index contributed by atoms with van der Waals surface area (Å²) in [6.45, 7) is 4.14. The van der Waals surface area contributed by atoms with Crippen LogP contribution in [0.1, 0.15) is 16.1 Å². The first-order valence-corrected chi connectivity index (χ1v) is 9.72. The van der Waals surface area contributed by atoms with E-state index in [0.29, 0.717) is 43.3 Å². The van der Waals surface area contributed by atoms with Crippen molar-refractivity contribution < 1.29 is 19.0 Å². The Morgan fingerprint density at radius 1 is 1.37 bits per heavy atom. The monoisotopic (exact) mass is 413 g/mol. The first-order chi connectivity index (χ1) is 14.4. The third-order valence-electron chi connectivity index (χ3n) is 5.08. The number of hydrogen-bond acceptors (Lipinski definition) is 6. The molecule has 8 nitrogen and oxygen atoms in total. The van der Waals surface area contributed by atoms with Crippen LogP contribution in [0.3, 0.4) is 0 Å². The molecule has 0 saturated carbocycles. The third-order valence-corrected chi connectivity index (χ3v) is 5.08. The number of nitrogens with zero attached hydrogens (tertiary/aromatic N) is 3. The maximum atomic E-state index is 14.8. The highest BCUT2D eigenvalue weighted by atomic mass is 19.1. The summed E-state index contributed by atoms with van der Waals surface area (Å²) >= 11 is 0. The number of aromatic nitrogens is 2. The average Bonchev–Trinajstić information content (AvgIpc) is 2.94. The minimum Gasteiger partial charge on any atom is -0.496 e. The van der Waals surface area contributed by atoms with Gasteiger partial charge in [0.1, 0.15) is 17.2 Å². The molecule has 1 aromatic carbocycles. The van der Waals surface area contributed by atoms with Gasteiger partial charge >= 0.3 is 0 Å². The van der Waals surface area contributed by atoms with Crippen molar-refractivity contribution >= 4 is 22.9 Å². The van der Waals surface area contributed by atoms with Crippen LogP contribution in [0, 0.1) is 12.7 Å². The molecule has 0 bridgehead atoms. The lowest BCUT2D eigenvalue weighted by Gasteiger charge is -2.24. The summed E-state index contributed by atoms with van der Waals surface area (Å²) in [5.74, 6) is -0.680. The zero-order valence-corrected chi connectivity index (χ0v) is 16.9. The highest BCUT2D eigenvalue weighted by Crippen LogP contribution is 2.26. The molecule has 3 heterocycles. The number of β-amino-alcohol motifs (C(OH)–C–C–N with tert-alkyl or cyclic N) is 1. The second-order valence-electron chi connectivity index (χ2n) is 7.33. The molecule has 0 radical (unpaired) electrons. The first kappa shape index (κ1) is 20.1. The third kappa shape index (κ3) is 4.07. The lowest BCUT2D eigenvalue weighted by molar-refractivity contribution is 0.102. The summed E-state index contributed by atoms with van der Waals surface area (Å²) in [5.41, 5.74) is 2.46. The van der Waals surface area contributed by atoms with Gasteiger partial charge in [-0.1, -0.05) is 0 Å². The summed E-state index contributed by atoms with van der Waals surface area (Å²) in [6.07, 6.45) is 2.89. The van der Waals surface area contributed by atoms with E-state index in [-0.39, 0.29) is 11.3 Å². The van der Waals surface area contributed by atoms with Crippen LogP contribution >= 0.6 is 0 Å². The van der Waals surface area contributed by atoms with Crippen molar-refractivity contribution in [2.75, 3.05) is 43.5 Å². The van der Waals surface area contributed by atoms with E-state index in [1.165, 1.54) is 19.2 Å². The highest BCUT2D eigenvalue weighted by molar-refractivity contribution is 6.06. The average molecular weight is 413 g/mol. The first-order valence-electron chi connectivity index (χ1n) is 9.72. The van der Waals surface area contributed by atoms with Gasteiger partial charge in [-0.2, -0.15) is 0 Å². The normalized spacial score (nSPS) is 17.1. The van der Waals surface area contributed by atoms with Crippen molar-refractivity contribution in [3.8, 4) is 5.75 Å². The number of amides is 1. The number of fused-ring (bicyclic) bond motifs is 1. The Labute approximate surface area is 173 Å². The SMILES string of the molecule is COc1cc2nc(C)cn2cc1C(=O)Nc1ccc(N2CCNCC(O)C2)cc1F. The molecular formula is C21H24FN5O3. The molecule has 2 aromatic heterocycles. The molecule has 158 valence electrons. The van der Waals surface area contributed by atoms with Gasteiger partial charge in [0.2, 0.25) is 0 Å². The van der Waals surface area contributed by atoms with Crippen LogP contribution < -0.4 is 20.3 Å². The number of carbonyl (C=O) groups excluding carboxylic acids is 1. The van der Waals surface area contributed by atoms with Gasteiger partial charge in [0.25, 0.3) is 5.91 Å². The topological polar surface area (TPSA) is 91.1 Å². The Bertz CT molecular complexity index is 1080. The van der Waals surface area contributed by atoms with Gasteiger partial charge in [-0.05, 0) is 25.1 Å². The number of pyridine rings is 1. The van der Waals surface area contributed by atoms with Crippen LogP contribution in [0.5, 0.6) is 5.75 Å². The molecule has 3 aromatic rings. The molecule has 1 atom stereocenters. The van der Waals surface area contributed by atoms with Crippen LogP contribution in [0.4, 0.5) is 15.8 Å². The Balaban J connectivity index is 1.57. The Hall–Kier alpha value is -3.17. The van der Waals surface area contributed by atoms with Gasteiger partial charge < -0.3 is 29.8 Å². The van der Waals surface area contributed by atoms with Crippen molar-refractivity contribution in [3.63, 3.8) is 0 Å². The number of rotatable bonds is 4. The molecule has 9 heteroatoms. The number of ether oxygens (including phenoxy) is 1. The van der Waals surface area contributed by atoms with E-state index in [0.717, 1.165) is 5.69 Å². The lowest BCUT2D eigenvalue weighted by Crippen LogP contribution is -2.32. The molecule has 0 spiro atoms. The molecule has 0 aliphatic carbocycles. The van der Waals surface area contributed by atoms with Gasteiger partial charge in [0, 0.05) is 50.3 Å². The van der Waals surface area contributed by atoms with E-state index in [4.69, 9.17) is 4.74 Å². The number of aliphatic hydroxyl groups excluding tert-OH is 1. The van der Waals surface area contributed by atoms with Crippen LogP contribution in [0.15, 0.2) is 36.7 Å². The van der Waals surface area contributed by atoms with Gasteiger partial charge in [-0.25, -0.2) is 9.37 Å². The van der Waals surface area contributed by atoms with Crippen LogP contribution in [-0.4, -0.2) is 59.8 Å². The van der Waals surface area contributed by atoms with E-state index in [9.17, 15) is 14.3 Å². The van der Waals surface area contributed by atoms with Gasteiger partial charge in [0.15, 0.2) is 0 Å². The molecule has 1 saturated heterocycles. The smallest absolute Gasteiger partial charge is 0.261 e. The minimum atomic E-state index is -0.550. The Kier molecular flexibility index (Phi) is 5.56. The summed E-state index contributed by atoms with van der Waals surface area (Å²) in [4.78, 5) is 19.1. The second-order valence-corrected chi connectivity index (χ2v) is 7.33. The molecule has 1 amide bonds. The standard InChI is InChI=1S/C21H24FN5O3/c1-13-10-27-12-16(19(30-2)8-20(27)24-13)21(29)25-18-4-3-14(7-17(18)22)26-6-5-23-9-15(28)11-26/h3-4,7-8,10,12,15,23,28H,5-6,9,11H2,1-2H3,(H,25,29). The maximum absolute atomic E-state index is 14.8. The zero-order valence-electron chi connectivity index (χ0n) is 16.9. The number of methoxy groups -OCH3 is 1. The number of nitrogens with one attached hydrogen (secondary N) is 2. The Morgan fingerprint density at radius 2 is 2.20 bits per heavy atom. The van der Waals surface area contributed by atoms with E-state index < -0.39 is 17.8 Å². The largest absolute Gasteiger partial charge is 0.496 e. The minimum absolute atomic E-state index is 0.0706. The number of halogens is 1. The predicted octanol–water partition coefficient (Wildman–Crippen LogP) is 1.81. The number of imidazole rings is 1. The number of aryl methyl sites for hydroxylation is 1. The van der Waals surface area contributed by atoms with Crippen molar-refractivity contribution in [1.29, 1.82) is 0 Å². The maximum Gasteiger partial charge on any atom is 0.261 e. The van der Waals surface area contributed by atoms with Crippen molar-refractivity contribution in [2.45, 2.75) is 13.0 Å². The number of aliphatic hydroxyl groups is 1. The van der Waals surface area contributed by atoms with Gasteiger partial charge in [-0.15, -0.1) is 0 Å². The summed E-state index contributed by atoms with van der Waals surface area (Å²) < 4.78 is 21.8. The number of anilines is 2. The second kappa shape index (κ2) is 8.29. The van der Waals surface area contributed by atoms with E-state index in [1.54, 1.807) is 28.9 Å². The molecule has 1 unspecified atom stereocenters. The van der Waals surface area contributed by atoms with Crippen LogP contribution in [-0.2, 0) is 0 Å². The fraction of sp³-hybridized carbons (Fsp3) is 0.333. The molecule has 1 aliphatic rings. The number of hydrogen-bond donors (Lipinski definition) is 3. The van der Waals surface area contributed by atoms with E-state index in [2.05, 4.69) is 15.6 Å². The quantitative estimate of drug-likeness (QED) is 0.604. The predicted molar refractivity (Wildman–Crippen MR) is 112 cm³/mol. The van der Waals surface area contributed by atoms with Crippen molar-refractivity contribution in [1.82, 2.24) is 14.7 Å². The number of benzene rings is 1. The molecular weight excluding hydrogens is 389 g/mol. The summed E-state index contributed by atoms with van der Waals surface area (Å²) in [7, 11) is 1.47. The molecule has 4 rings (SSSR count). The Morgan fingerprint density at radius 3 is 2.97 bits per heavy atom. The van der Waals surface area contributed by atoms with Crippen molar-refractivity contribution in [2.24, 2.45) is 0 Å². The van der Waals surface area contributed by atoms with E-state index >= 15 is 0 Å². The molecule has 30 heavy (non-hydrogen) atoms. The molecule has 3 N–H and O–H groups in total. The number of carbonyl (C=O) groups is 1. The van der Waals surface area contributed by atoms with E-state index in [1.807, 2.05) is 11.8 Å². The van der Waals surface area contributed by atoms with Crippen molar-refractivity contribution in [3.05, 3.63) is 53.7 Å². The molecule has 1 fully saturated rings. The van der Waals surface area contributed by atoms with Gasteiger partial charge in [-0.3, -0.25) is 4.79 Å². The fourth-order valence-corrected chi connectivity index (χ4v) is 3.60. The summed E-state index contributed by atoms with van der Waals surface area (Å²) in [5, 5.41) is 15.7. The lowest BCUT2D eigenvalue weighted by atomic mass is 10.2. The summed E-state index contributed by atoms with van der Waals surface area (Å²) in [6, 6.07) is 6.30. The van der Waals surface area contributed by atoms with Crippen LogP contribution in [0.2, 0.25) is 0 Å². The van der Waals surface area contributed by atoms with Gasteiger partial charge in [0.05, 0.1) is 30.2 Å². The molecule has 1 aliphatic heterocycles.